The highest BCUT2D eigenvalue weighted by atomic mass is 32.2. The zero-order valence-electron chi connectivity index (χ0n) is 8.07. The van der Waals surface area contributed by atoms with Gasteiger partial charge in [0, 0.05) is 17.3 Å². The number of nitrogens with zero attached hydrogens (tertiary/aromatic N) is 3. The summed E-state index contributed by atoms with van der Waals surface area (Å²) >= 11 is 1.34. The van der Waals surface area contributed by atoms with Gasteiger partial charge < -0.3 is 5.11 Å². The number of hydrogen-bond donors (Lipinski definition) is 1. The van der Waals surface area contributed by atoms with E-state index in [9.17, 15) is 4.79 Å². The van der Waals surface area contributed by atoms with Crippen molar-refractivity contribution in [1.29, 1.82) is 0 Å². The molecule has 0 aliphatic heterocycles. The van der Waals surface area contributed by atoms with Gasteiger partial charge in [-0.2, -0.15) is 5.10 Å². The maximum Gasteiger partial charge on any atom is 0.354 e. The molecule has 0 atom stereocenters. The fraction of sp³-hybridized carbons (Fsp3) is 0. The van der Waals surface area contributed by atoms with Crippen LogP contribution in [0, 0.1) is 0 Å². The molecule has 0 fully saturated rings. The van der Waals surface area contributed by atoms with E-state index < -0.39 is 5.97 Å². The Labute approximate surface area is 95.6 Å². The van der Waals surface area contributed by atoms with E-state index in [1.807, 2.05) is 0 Å². The van der Waals surface area contributed by atoms with Crippen LogP contribution >= 0.6 is 11.8 Å². The first-order chi connectivity index (χ1) is 7.75. The highest BCUT2D eigenvalue weighted by Gasteiger charge is 2.06. The Morgan fingerprint density at radius 1 is 1.31 bits per heavy atom. The molecule has 0 spiro atoms. The molecular weight excluding hydrogens is 226 g/mol. The van der Waals surface area contributed by atoms with Crippen LogP contribution in [-0.2, 0) is 0 Å². The molecule has 0 aliphatic rings. The highest BCUT2D eigenvalue weighted by molar-refractivity contribution is 7.99. The molecule has 0 unspecified atom stereocenters. The summed E-state index contributed by atoms with van der Waals surface area (Å²) in [5, 5.41) is 17.1. The molecule has 2 heterocycles. The summed E-state index contributed by atoms with van der Waals surface area (Å²) in [7, 11) is 0. The lowest BCUT2D eigenvalue weighted by Gasteiger charge is -2.00. The van der Waals surface area contributed by atoms with Crippen LogP contribution in [-0.4, -0.2) is 26.3 Å². The predicted octanol–water partition coefficient (Wildman–Crippen LogP) is 1.72. The van der Waals surface area contributed by atoms with E-state index in [2.05, 4.69) is 15.2 Å². The largest absolute Gasteiger partial charge is 0.477 e. The van der Waals surface area contributed by atoms with E-state index in [0.717, 1.165) is 4.90 Å². The van der Waals surface area contributed by atoms with Crippen LogP contribution in [0.2, 0.25) is 0 Å². The second kappa shape index (κ2) is 4.71. The molecule has 0 saturated heterocycles. The Balaban J connectivity index is 2.22. The molecule has 2 rings (SSSR count). The minimum Gasteiger partial charge on any atom is -0.477 e. The summed E-state index contributed by atoms with van der Waals surface area (Å²) in [4.78, 5) is 15.2. The summed E-state index contributed by atoms with van der Waals surface area (Å²) < 4.78 is 0. The average molecular weight is 233 g/mol. The summed E-state index contributed by atoms with van der Waals surface area (Å²) in [6.45, 7) is 0. The Morgan fingerprint density at radius 2 is 2.19 bits per heavy atom. The smallest absolute Gasteiger partial charge is 0.354 e. The van der Waals surface area contributed by atoms with E-state index in [-0.39, 0.29) is 5.69 Å². The van der Waals surface area contributed by atoms with Crippen LogP contribution in [0.4, 0.5) is 0 Å². The van der Waals surface area contributed by atoms with Gasteiger partial charge in [-0.3, -0.25) is 0 Å². The van der Waals surface area contributed by atoms with E-state index in [1.165, 1.54) is 24.0 Å². The van der Waals surface area contributed by atoms with E-state index in [1.54, 1.807) is 24.4 Å². The molecule has 80 valence electrons. The molecule has 0 aromatic carbocycles. The van der Waals surface area contributed by atoms with Crippen molar-refractivity contribution in [3.05, 3.63) is 42.4 Å². The number of aromatic nitrogens is 3. The molecule has 2 aromatic heterocycles. The molecule has 0 aliphatic carbocycles. The van der Waals surface area contributed by atoms with Gasteiger partial charge >= 0.3 is 5.97 Å². The fourth-order valence-electron chi connectivity index (χ4n) is 1.05. The summed E-state index contributed by atoms with van der Waals surface area (Å²) in [6.07, 6.45) is 3.04. The third-order valence-electron chi connectivity index (χ3n) is 1.72. The maximum atomic E-state index is 10.7. The second-order valence-corrected chi connectivity index (χ2v) is 3.94. The molecule has 5 nitrogen and oxygen atoms in total. The summed E-state index contributed by atoms with van der Waals surface area (Å²) in [5.41, 5.74) is 0.0221. The monoisotopic (exact) mass is 233 g/mol. The van der Waals surface area contributed by atoms with Gasteiger partial charge in [-0.05, 0) is 24.3 Å². The third kappa shape index (κ3) is 2.54. The van der Waals surface area contributed by atoms with Crippen molar-refractivity contribution >= 4 is 17.7 Å². The fourth-order valence-corrected chi connectivity index (χ4v) is 1.83. The molecule has 2 aromatic rings. The standard InChI is InChI=1S/C10H7N3O2S/c14-10(15)8-6-7(3-5-11-8)16-9-2-1-4-12-13-9/h1-6H,(H,14,15). The third-order valence-corrected chi connectivity index (χ3v) is 2.64. The van der Waals surface area contributed by atoms with Crippen LogP contribution in [0.3, 0.4) is 0 Å². The average Bonchev–Trinajstić information content (AvgIpc) is 2.30. The predicted molar refractivity (Wildman–Crippen MR) is 57.4 cm³/mol. The first-order valence-electron chi connectivity index (χ1n) is 4.40. The highest BCUT2D eigenvalue weighted by Crippen LogP contribution is 2.24. The minimum atomic E-state index is -1.04. The number of carbonyl (C=O) groups is 1. The molecule has 16 heavy (non-hydrogen) atoms. The van der Waals surface area contributed by atoms with Crippen LogP contribution in [0.5, 0.6) is 0 Å². The molecule has 6 heteroatoms. The Hall–Kier alpha value is -1.95. The van der Waals surface area contributed by atoms with Crippen LogP contribution in [0.25, 0.3) is 0 Å². The lowest BCUT2D eigenvalue weighted by molar-refractivity contribution is 0.0690. The first kappa shape index (κ1) is 10.6. The topological polar surface area (TPSA) is 76.0 Å². The zero-order chi connectivity index (χ0) is 11.4. The van der Waals surface area contributed by atoms with Gasteiger partial charge in [-0.15, -0.1) is 5.10 Å². The van der Waals surface area contributed by atoms with Gasteiger partial charge in [0.15, 0.2) is 0 Å². The van der Waals surface area contributed by atoms with Gasteiger partial charge in [0.1, 0.15) is 10.7 Å². The quantitative estimate of drug-likeness (QED) is 0.869. The first-order valence-corrected chi connectivity index (χ1v) is 5.22. The van der Waals surface area contributed by atoms with Crippen LogP contribution in [0.15, 0.2) is 46.6 Å². The Morgan fingerprint density at radius 3 is 2.88 bits per heavy atom. The lowest BCUT2D eigenvalue weighted by Crippen LogP contribution is -1.99. The van der Waals surface area contributed by atoms with Crippen LogP contribution in [0.1, 0.15) is 10.5 Å². The minimum absolute atomic E-state index is 0.0221. The maximum absolute atomic E-state index is 10.7. The summed E-state index contributed by atoms with van der Waals surface area (Å²) in [5.74, 6) is -1.04. The molecule has 0 bridgehead atoms. The summed E-state index contributed by atoms with van der Waals surface area (Å²) in [6, 6.07) is 6.81. The molecule has 0 saturated carbocycles. The van der Waals surface area contributed by atoms with Crippen LogP contribution < -0.4 is 0 Å². The van der Waals surface area contributed by atoms with E-state index in [0.29, 0.717) is 5.03 Å². The number of carboxylic acids is 1. The van der Waals surface area contributed by atoms with Crippen molar-refractivity contribution in [1.82, 2.24) is 15.2 Å². The molecule has 0 amide bonds. The van der Waals surface area contributed by atoms with Crippen molar-refractivity contribution in [3.63, 3.8) is 0 Å². The van der Waals surface area contributed by atoms with Crippen molar-refractivity contribution in [2.45, 2.75) is 9.92 Å². The molecule has 1 N–H and O–H groups in total. The molecule has 0 radical (unpaired) electrons. The number of hydrogen-bond acceptors (Lipinski definition) is 5. The number of pyridine rings is 1. The van der Waals surface area contributed by atoms with E-state index in [4.69, 9.17) is 5.11 Å². The SMILES string of the molecule is O=C(O)c1cc(Sc2cccnn2)ccn1. The molecular formula is C10H7N3O2S. The Bertz CT molecular complexity index is 504. The number of rotatable bonds is 3. The van der Waals surface area contributed by atoms with E-state index >= 15 is 0 Å². The van der Waals surface area contributed by atoms with Crippen molar-refractivity contribution in [2.24, 2.45) is 0 Å². The van der Waals surface area contributed by atoms with Gasteiger partial charge in [0.25, 0.3) is 0 Å². The van der Waals surface area contributed by atoms with Gasteiger partial charge in [-0.25, -0.2) is 9.78 Å². The van der Waals surface area contributed by atoms with Gasteiger partial charge in [0.2, 0.25) is 0 Å². The van der Waals surface area contributed by atoms with Crippen molar-refractivity contribution < 1.29 is 9.90 Å². The second-order valence-electron chi connectivity index (χ2n) is 2.85. The van der Waals surface area contributed by atoms with Gasteiger partial charge in [-0.1, -0.05) is 11.8 Å². The Kier molecular flexibility index (Phi) is 3.11. The number of aromatic carboxylic acids is 1. The lowest BCUT2D eigenvalue weighted by atomic mass is 10.3. The number of carboxylic acid groups (broad SMARTS) is 1. The van der Waals surface area contributed by atoms with Crippen molar-refractivity contribution in [2.75, 3.05) is 0 Å². The van der Waals surface area contributed by atoms with Gasteiger partial charge in [0.05, 0.1) is 0 Å². The normalized spacial score (nSPS) is 10.0. The zero-order valence-corrected chi connectivity index (χ0v) is 8.89. The van der Waals surface area contributed by atoms with Crippen molar-refractivity contribution in [3.8, 4) is 0 Å².